The molecule has 0 spiro atoms. The monoisotopic (exact) mass is 302 g/mol. The molecule has 0 saturated carbocycles. The highest BCUT2D eigenvalue weighted by molar-refractivity contribution is 5.94. The first kappa shape index (κ1) is 16.2. The van der Waals surface area contributed by atoms with Crippen molar-refractivity contribution in [3.8, 4) is 5.82 Å². The Labute approximate surface area is 130 Å². The number of amides is 1. The van der Waals surface area contributed by atoms with Crippen LogP contribution in [0.5, 0.6) is 0 Å². The van der Waals surface area contributed by atoms with E-state index >= 15 is 0 Å². The lowest BCUT2D eigenvalue weighted by Crippen LogP contribution is -2.27. The number of hydrogen-bond acceptors (Lipinski definition) is 4. The van der Waals surface area contributed by atoms with Crippen LogP contribution < -0.4 is 5.32 Å². The third kappa shape index (κ3) is 4.96. The number of pyridine rings is 1. The molecule has 0 aliphatic heterocycles. The van der Waals surface area contributed by atoms with E-state index in [1.807, 2.05) is 0 Å². The second-order valence-electron chi connectivity index (χ2n) is 5.42. The van der Waals surface area contributed by atoms with Crippen LogP contribution in [-0.2, 0) is 4.74 Å². The van der Waals surface area contributed by atoms with Gasteiger partial charge in [-0.25, -0.2) is 9.97 Å². The van der Waals surface area contributed by atoms with Crippen LogP contribution in [0.3, 0.4) is 0 Å². The van der Waals surface area contributed by atoms with Crippen molar-refractivity contribution in [3.05, 3.63) is 42.6 Å². The second kappa shape index (κ2) is 8.29. The lowest BCUT2D eigenvalue weighted by molar-refractivity contribution is 0.0905. The summed E-state index contributed by atoms with van der Waals surface area (Å²) < 4.78 is 7.23. The van der Waals surface area contributed by atoms with Crippen LogP contribution in [0.15, 0.2) is 37.1 Å². The van der Waals surface area contributed by atoms with Crippen LogP contribution >= 0.6 is 0 Å². The highest BCUT2D eigenvalue weighted by Gasteiger charge is 2.07. The van der Waals surface area contributed by atoms with Crippen molar-refractivity contribution in [1.29, 1.82) is 0 Å². The molecule has 0 aliphatic carbocycles. The Bertz CT molecular complexity index is 582. The van der Waals surface area contributed by atoms with Crippen molar-refractivity contribution in [2.24, 2.45) is 5.92 Å². The van der Waals surface area contributed by atoms with Crippen molar-refractivity contribution in [3.63, 3.8) is 0 Å². The zero-order valence-electron chi connectivity index (χ0n) is 13.0. The van der Waals surface area contributed by atoms with Gasteiger partial charge in [-0.1, -0.05) is 13.8 Å². The predicted molar refractivity (Wildman–Crippen MR) is 84.0 cm³/mol. The topological polar surface area (TPSA) is 69.0 Å². The second-order valence-corrected chi connectivity index (χ2v) is 5.42. The third-order valence-corrected chi connectivity index (χ3v) is 3.15. The zero-order valence-corrected chi connectivity index (χ0v) is 13.0. The van der Waals surface area contributed by atoms with Gasteiger partial charge in [0.1, 0.15) is 12.1 Å². The Kier molecular flexibility index (Phi) is 6.09. The molecule has 2 heterocycles. The SMILES string of the molecule is CC(C)CCOCCNC(=O)c1ccnc(-n2ccnc2)c1. The van der Waals surface area contributed by atoms with E-state index in [1.165, 1.54) is 0 Å². The number of imidazole rings is 1. The normalized spacial score (nSPS) is 10.9. The first-order valence-electron chi connectivity index (χ1n) is 7.47. The molecule has 1 amide bonds. The maximum absolute atomic E-state index is 12.1. The molecule has 2 aromatic rings. The molecular weight excluding hydrogens is 280 g/mol. The number of rotatable bonds is 8. The van der Waals surface area contributed by atoms with E-state index in [1.54, 1.807) is 41.6 Å². The van der Waals surface area contributed by atoms with Gasteiger partial charge in [0.05, 0.1) is 6.61 Å². The molecule has 118 valence electrons. The molecule has 2 aromatic heterocycles. The Morgan fingerprint density at radius 2 is 2.23 bits per heavy atom. The number of nitrogens with zero attached hydrogens (tertiary/aromatic N) is 3. The molecule has 0 radical (unpaired) electrons. The zero-order chi connectivity index (χ0) is 15.8. The number of carbonyl (C=O) groups excluding carboxylic acids is 1. The van der Waals surface area contributed by atoms with Gasteiger partial charge in [0.15, 0.2) is 0 Å². The molecule has 0 unspecified atom stereocenters. The Balaban J connectivity index is 1.79. The van der Waals surface area contributed by atoms with Gasteiger partial charge in [0.25, 0.3) is 5.91 Å². The minimum absolute atomic E-state index is 0.128. The molecular formula is C16H22N4O2. The molecule has 2 rings (SSSR count). The highest BCUT2D eigenvalue weighted by atomic mass is 16.5. The minimum Gasteiger partial charge on any atom is -0.380 e. The summed E-state index contributed by atoms with van der Waals surface area (Å²) in [6.45, 7) is 6.07. The van der Waals surface area contributed by atoms with Crippen molar-refractivity contribution in [1.82, 2.24) is 19.9 Å². The van der Waals surface area contributed by atoms with E-state index in [2.05, 4.69) is 29.1 Å². The average molecular weight is 302 g/mol. The fourth-order valence-corrected chi connectivity index (χ4v) is 1.86. The lowest BCUT2D eigenvalue weighted by Gasteiger charge is -2.08. The van der Waals surface area contributed by atoms with Crippen molar-refractivity contribution >= 4 is 5.91 Å². The largest absolute Gasteiger partial charge is 0.380 e. The summed E-state index contributed by atoms with van der Waals surface area (Å²) >= 11 is 0. The van der Waals surface area contributed by atoms with Crippen molar-refractivity contribution < 1.29 is 9.53 Å². The average Bonchev–Trinajstić information content (AvgIpc) is 3.05. The third-order valence-electron chi connectivity index (χ3n) is 3.15. The summed E-state index contributed by atoms with van der Waals surface area (Å²) in [5.74, 6) is 1.17. The van der Waals surface area contributed by atoms with Gasteiger partial charge < -0.3 is 10.1 Å². The fraction of sp³-hybridized carbons (Fsp3) is 0.438. The van der Waals surface area contributed by atoms with E-state index < -0.39 is 0 Å². The van der Waals surface area contributed by atoms with Gasteiger partial charge >= 0.3 is 0 Å². The molecule has 0 atom stereocenters. The molecule has 0 aliphatic rings. The van der Waals surface area contributed by atoms with Crippen LogP contribution in [-0.4, -0.2) is 40.2 Å². The number of aromatic nitrogens is 3. The summed E-state index contributed by atoms with van der Waals surface area (Å²) in [4.78, 5) is 20.3. The molecule has 0 saturated heterocycles. The lowest BCUT2D eigenvalue weighted by atomic mass is 10.1. The standard InChI is InChI=1S/C16H22N4O2/c1-13(2)4-9-22-10-7-19-16(21)14-3-5-18-15(11-14)20-8-6-17-12-20/h3,5-6,8,11-13H,4,7,9-10H2,1-2H3,(H,19,21). The number of ether oxygens (including phenoxy) is 1. The Hall–Kier alpha value is -2.21. The summed E-state index contributed by atoms with van der Waals surface area (Å²) in [5, 5.41) is 2.84. The van der Waals surface area contributed by atoms with Gasteiger partial charge in [-0.3, -0.25) is 9.36 Å². The van der Waals surface area contributed by atoms with E-state index in [9.17, 15) is 4.79 Å². The number of carbonyl (C=O) groups is 1. The van der Waals surface area contributed by atoms with Gasteiger partial charge in [0, 0.05) is 37.3 Å². The maximum Gasteiger partial charge on any atom is 0.251 e. The van der Waals surface area contributed by atoms with E-state index in [0.717, 1.165) is 13.0 Å². The summed E-state index contributed by atoms with van der Waals surface area (Å²) in [5.41, 5.74) is 0.570. The molecule has 0 aromatic carbocycles. The van der Waals surface area contributed by atoms with Gasteiger partial charge in [-0.05, 0) is 24.5 Å². The summed E-state index contributed by atoms with van der Waals surface area (Å²) in [7, 11) is 0. The van der Waals surface area contributed by atoms with E-state index in [4.69, 9.17) is 4.74 Å². The fourth-order valence-electron chi connectivity index (χ4n) is 1.86. The van der Waals surface area contributed by atoms with Crippen LogP contribution in [0.4, 0.5) is 0 Å². The Morgan fingerprint density at radius 3 is 2.95 bits per heavy atom. The minimum atomic E-state index is -0.128. The molecule has 0 fully saturated rings. The van der Waals surface area contributed by atoms with Gasteiger partial charge in [-0.15, -0.1) is 0 Å². The molecule has 22 heavy (non-hydrogen) atoms. The highest BCUT2D eigenvalue weighted by Crippen LogP contribution is 2.06. The van der Waals surface area contributed by atoms with Crippen LogP contribution in [0.1, 0.15) is 30.6 Å². The summed E-state index contributed by atoms with van der Waals surface area (Å²) in [6.07, 6.45) is 7.75. The van der Waals surface area contributed by atoms with Crippen molar-refractivity contribution in [2.75, 3.05) is 19.8 Å². The summed E-state index contributed by atoms with van der Waals surface area (Å²) in [6, 6.07) is 3.42. The molecule has 6 nitrogen and oxygen atoms in total. The maximum atomic E-state index is 12.1. The smallest absolute Gasteiger partial charge is 0.251 e. The Morgan fingerprint density at radius 1 is 1.36 bits per heavy atom. The van der Waals surface area contributed by atoms with Crippen LogP contribution in [0.2, 0.25) is 0 Å². The molecule has 6 heteroatoms. The van der Waals surface area contributed by atoms with Gasteiger partial charge in [-0.2, -0.15) is 0 Å². The van der Waals surface area contributed by atoms with Crippen molar-refractivity contribution in [2.45, 2.75) is 20.3 Å². The molecule has 1 N–H and O–H groups in total. The number of nitrogens with one attached hydrogen (secondary N) is 1. The first-order valence-corrected chi connectivity index (χ1v) is 7.47. The quantitative estimate of drug-likeness (QED) is 0.758. The van der Waals surface area contributed by atoms with Gasteiger partial charge in [0.2, 0.25) is 0 Å². The van der Waals surface area contributed by atoms with Crippen LogP contribution in [0, 0.1) is 5.92 Å². The first-order chi connectivity index (χ1) is 10.7. The van der Waals surface area contributed by atoms with E-state index in [-0.39, 0.29) is 5.91 Å². The predicted octanol–water partition coefficient (Wildman–Crippen LogP) is 2.06. The van der Waals surface area contributed by atoms with Crippen LogP contribution in [0.25, 0.3) is 5.82 Å². The van der Waals surface area contributed by atoms with E-state index in [0.29, 0.717) is 30.5 Å². The molecule has 0 bridgehead atoms. The number of hydrogen-bond donors (Lipinski definition) is 1.